The van der Waals surface area contributed by atoms with E-state index in [1.807, 2.05) is 30.3 Å². The molecule has 1 aliphatic heterocycles. The second-order valence-corrected chi connectivity index (χ2v) is 9.56. The third-order valence-corrected chi connectivity index (χ3v) is 7.31. The van der Waals surface area contributed by atoms with Crippen LogP contribution >= 0.6 is 34.8 Å². The van der Waals surface area contributed by atoms with Crippen molar-refractivity contribution >= 4 is 40.7 Å². The number of carbonyl (C=O) groups excluding carboxylic acids is 1. The number of hydrogen-bond donors (Lipinski definition) is 2. The van der Waals surface area contributed by atoms with Crippen LogP contribution < -0.4 is 4.74 Å². The number of carbonyl (C=O) groups is 1. The molecule has 0 fully saturated rings. The van der Waals surface area contributed by atoms with Crippen LogP contribution in [0, 0.1) is 6.92 Å². The average Bonchev–Trinajstić information content (AvgIpc) is 3.38. The average molecular weight is 529 g/mol. The summed E-state index contributed by atoms with van der Waals surface area (Å²) in [6.45, 7) is 2.13. The molecule has 3 aromatic carbocycles. The number of methoxy groups -OCH3 is 1. The van der Waals surface area contributed by atoms with Crippen LogP contribution in [0.1, 0.15) is 38.8 Å². The SMILES string of the molecule is COc1ccc(CN2C(=O)c3[nH]nc(-c4cc(Cl)c(C)cc4O)c3C2c2ccc(Cl)c(Cl)c2)cc1. The predicted octanol–water partition coefficient (Wildman–Crippen LogP) is 6.80. The number of H-pyrrole nitrogens is 1. The van der Waals surface area contributed by atoms with Crippen molar-refractivity contribution in [2.45, 2.75) is 19.5 Å². The first kappa shape index (κ1) is 23.5. The quantitative estimate of drug-likeness (QED) is 0.298. The summed E-state index contributed by atoms with van der Waals surface area (Å²) in [4.78, 5) is 15.3. The molecule has 0 spiro atoms. The number of aromatic nitrogens is 2. The minimum absolute atomic E-state index is 0.0233. The fraction of sp³-hybridized carbons (Fsp3) is 0.154. The van der Waals surface area contributed by atoms with Gasteiger partial charge in [0.2, 0.25) is 0 Å². The van der Waals surface area contributed by atoms with E-state index >= 15 is 0 Å². The molecule has 0 bridgehead atoms. The van der Waals surface area contributed by atoms with Gasteiger partial charge in [-0.05, 0) is 60.0 Å². The normalized spacial score (nSPS) is 14.9. The Labute approximate surface area is 217 Å². The number of aromatic hydroxyl groups is 1. The Balaban J connectivity index is 1.66. The van der Waals surface area contributed by atoms with Crippen molar-refractivity contribution < 1.29 is 14.6 Å². The maximum Gasteiger partial charge on any atom is 0.273 e. The Kier molecular flexibility index (Phi) is 6.13. The van der Waals surface area contributed by atoms with E-state index in [9.17, 15) is 9.90 Å². The minimum atomic E-state index is -0.525. The summed E-state index contributed by atoms with van der Waals surface area (Å²) in [5.74, 6) is 0.532. The molecule has 0 radical (unpaired) electrons. The van der Waals surface area contributed by atoms with Gasteiger partial charge in [-0.1, -0.05) is 53.0 Å². The topological polar surface area (TPSA) is 78.5 Å². The van der Waals surface area contributed by atoms with Gasteiger partial charge >= 0.3 is 0 Å². The molecule has 0 saturated carbocycles. The lowest BCUT2D eigenvalue weighted by atomic mass is 9.95. The Morgan fingerprint density at radius 1 is 1.03 bits per heavy atom. The summed E-state index contributed by atoms with van der Waals surface area (Å²) in [5.41, 5.74) is 4.28. The zero-order valence-electron chi connectivity index (χ0n) is 18.8. The first-order valence-electron chi connectivity index (χ1n) is 10.7. The number of rotatable bonds is 5. The molecule has 1 amide bonds. The van der Waals surface area contributed by atoms with Crippen LogP contribution in [0.15, 0.2) is 54.6 Å². The highest BCUT2D eigenvalue weighted by atomic mass is 35.5. The molecule has 35 heavy (non-hydrogen) atoms. The van der Waals surface area contributed by atoms with Crippen molar-refractivity contribution in [1.29, 1.82) is 0 Å². The van der Waals surface area contributed by atoms with Crippen molar-refractivity contribution in [2.24, 2.45) is 0 Å². The number of nitrogens with one attached hydrogen (secondary N) is 1. The maximum absolute atomic E-state index is 13.6. The highest BCUT2D eigenvalue weighted by molar-refractivity contribution is 6.42. The van der Waals surface area contributed by atoms with E-state index in [-0.39, 0.29) is 11.7 Å². The monoisotopic (exact) mass is 527 g/mol. The van der Waals surface area contributed by atoms with E-state index in [4.69, 9.17) is 39.5 Å². The van der Waals surface area contributed by atoms with Crippen LogP contribution in [0.3, 0.4) is 0 Å². The molecular weight excluding hydrogens is 509 g/mol. The van der Waals surface area contributed by atoms with Crippen LogP contribution in [0.5, 0.6) is 11.5 Å². The van der Waals surface area contributed by atoms with Gasteiger partial charge in [0.15, 0.2) is 0 Å². The van der Waals surface area contributed by atoms with Gasteiger partial charge in [-0.15, -0.1) is 0 Å². The molecule has 0 aliphatic carbocycles. The van der Waals surface area contributed by atoms with Crippen LogP contribution in [0.2, 0.25) is 15.1 Å². The maximum atomic E-state index is 13.6. The summed E-state index contributed by atoms with van der Waals surface area (Å²) >= 11 is 18.9. The highest BCUT2D eigenvalue weighted by Crippen LogP contribution is 2.46. The first-order valence-corrected chi connectivity index (χ1v) is 11.9. The van der Waals surface area contributed by atoms with E-state index in [0.29, 0.717) is 44.1 Å². The number of aryl methyl sites for hydroxylation is 1. The van der Waals surface area contributed by atoms with Gasteiger partial charge in [0.25, 0.3) is 5.91 Å². The molecule has 1 aliphatic rings. The molecule has 0 saturated heterocycles. The number of halogens is 3. The number of phenols is 1. The summed E-state index contributed by atoms with van der Waals surface area (Å²) in [6, 6.07) is 15.5. The highest BCUT2D eigenvalue weighted by Gasteiger charge is 2.42. The predicted molar refractivity (Wildman–Crippen MR) is 137 cm³/mol. The van der Waals surface area contributed by atoms with Crippen LogP contribution in [0.4, 0.5) is 0 Å². The first-order chi connectivity index (χ1) is 16.8. The van der Waals surface area contributed by atoms with Gasteiger partial charge < -0.3 is 14.7 Å². The molecule has 2 heterocycles. The summed E-state index contributed by atoms with van der Waals surface area (Å²) in [5, 5.41) is 19.3. The van der Waals surface area contributed by atoms with Crippen LogP contribution in [-0.4, -0.2) is 33.2 Å². The Morgan fingerprint density at radius 3 is 2.46 bits per heavy atom. The van der Waals surface area contributed by atoms with Crippen LogP contribution in [-0.2, 0) is 6.54 Å². The van der Waals surface area contributed by atoms with E-state index in [1.165, 1.54) is 0 Å². The molecule has 1 atom stereocenters. The van der Waals surface area contributed by atoms with Gasteiger partial charge in [0.1, 0.15) is 22.9 Å². The van der Waals surface area contributed by atoms with Gasteiger partial charge in [-0.3, -0.25) is 9.89 Å². The van der Waals surface area contributed by atoms with Gasteiger partial charge in [0, 0.05) is 22.7 Å². The Bertz CT molecular complexity index is 1450. The summed E-state index contributed by atoms with van der Waals surface area (Å²) in [6.07, 6.45) is 0. The number of aromatic amines is 1. The largest absolute Gasteiger partial charge is 0.507 e. The zero-order valence-corrected chi connectivity index (χ0v) is 21.0. The van der Waals surface area contributed by atoms with E-state index in [1.54, 1.807) is 43.2 Å². The lowest BCUT2D eigenvalue weighted by molar-refractivity contribution is 0.0730. The number of hydrogen-bond acceptors (Lipinski definition) is 4. The number of ether oxygens (including phenoxy) is 1. The van der Waals surface area contributed by atoms with E-state index < -0.39 is 6.04 Å². The number of amides is 1. The lowest BCUT2D eigenvalue weighted by Crippen LogP contribution is -2.29. The van der Waals surface area contributed by atoms with Gasteiger partial charge in [-0.25, -0.2) is 0 Å². The van der Waals surface area contributed by atoms with Crippen molar-refractivity contribution in [2.75, 3.05) is 7.11 Å². The molecule has 1 unspecified atom stereocenters. The molecule has 4 aromatic rings. The Hall–Kier alpha value is -3.19. The van der Waals surface area contributed by atoms with Crippen molar-refractivity contribution in [3.8, 4) is 22.8 Å². The molecule has 1 aromatic heterocycles. The molecule has 9 heteroatoms. The smallest absolute Gasteiger partial charge is 0.273 e. The van der Waals surface area contributed by atoms with Crippen molar-refractivity contribution in [3.05, 3.63) is 97.6 Å². The molecule has 6 nitrogen and oxygen atoms in total. The second kappa shape index (κ2) is 9.11. The van der Waals surface area contributed by atoms with Crippen LogP contribution in [0.25, 0.3) is 11.3 Å². The third-order valence-electron chi connectivity index (χ3n) is 6.17. The third kappa shape index (κ3) is 4.12. The van der Waals surface area contributed by atoms with E-state index in [2.05, 4.69) is 10.2 Å². The fourth-order valence-corrected chi connectivity index (χ4v) is 4.85. The van der Waals surface area contributed by atoms with E-state index in [0.717, 1.165) is 22.4 Å². The minimum Gasteiger partial charge on any atom is -0.507 e. The van der Waals surface area contributed by atoms with Crippen molar-refractivity contribution in [1.82, 2.24) is 15.1 Å². The summed E-state index contributed by atoms with van der Waals surface area (Å²) in [7, 11) is 1.60. The number of benzene rings is 3. The number of fused-ring (bicyclic) bond motifs is 1. The van der Waals surface area contributed by atoms with Gasteiger partial charge in [-0.2, -0.15) is 5.10 Å². The summed E-state index contributed by atoms with van der Waals surface area (Å²) < 4.78 is 5.25. The molecule has 178 valence electrons. The van der Waals surface area contributed by atoms with Crippen molar-refractivity contribution in [3.63, 3.8) is 0 Å². The second-order valence-electron chi connectivity index (χ2n) is 8.34. The molecular formula is C26H20Cl3N3O3. The lowest BCUT2D eigenvalue weighted by Gasteiger charge is -2.27. The number of nitrogens with zero attached hydrogens (tertiary/aromatic N) is 2. The zero-order chi connectivity index (χ0) is 24.9. The molecule has 5 rings (SSSR count). The number of phenolic OH excluding ortho intramolecular Hbond substituents is 1. The molecule has 2 N–H and O–H groups in total. The Morgan fingerprint density at radius 2 is 1.77 bits per heavy atom. The standard InChI is InChI=1S/C26H20Cl3N3O3/c1-13-9-21(33)17(11-19(13)28)23-22-24(31-30-23)26(34)32(12-14-3-6-16(35-2)7-4-14)25(22)15-5-8-18(27)20(29)10-15/h3-11,25,33H,12H2,1-2H3,(H,30,31). The fourth-order valence-electron chi connectivity index (χ4n) is 4.38. The van der Waals surface area contributed by atoms with Gasteiger partial charge in [0.05, 0.1) is 23.2 Å².